The van der Waals surface area contributed by atoms with Crippen LogP contribution < -0.4 is 0 Å². The summed E-state index contributed by atoms with van der Waals surface area (Å²) in [4.78, 5) is 0. The highest BCUT2D eigenvalue weighted by atomic mass is 14.5. The summed E-state index contributed by atoms with van der Waals surface area (Å²) in [6.45, 7) is 11.9. The number of rotatable bonds is 2. The fraction of sp³-hybridized carbons (Fsp3) is 0.647. The molecule has 0 bridgehead atoms. The van der Waals surface area contributed by atoms with Gasteiger partial charge in [-0.25, -0.2) is 0 Å². The second-order valence-electron chi connectivity index (χ2n) is 6.58. The van der Waals surface area contributed by atoms with Crippen LogP contribution in [0.15, 0.2) is 18.2 Å². The first-order valence-corrected chi connectivity index (χ1v) is 7.01. The summed E-state index contributed by atoms with van der Waals surface area (Å²) < 4.78 is 0. The first kappa shape index (κ1) is 12.7. The summed E-state index contributed by atoms with van der Waals surface area (Å²) in [6.07, 6.45) is 5.24. The van der Waals surface area contributed by atoms with Crippen molar-refractivity contribution in [1.29, 1.82) is 0 Å². The summed E-state index contributed by atoms with van der Waals surface area (Å²) in [7, 11) is 0. The summed E-state index contributed by atoms with van der Waals surface area (Å²) in [6, 6.07) is 7.03. The molecule has 1 aromatic carbocycles. The molecule has 0 heterocycles. The van der Waals surface area contributed by atoms with Crippen molar-refractivity contribution in [3.8, 4) is 0 Å². The SMILES string of the molecule is CCc1ccc(C)cc1C1(C)CCCC1(C)C. The molecule has 2 rings (SSSR count). The van der Waals surface area contributed by atoms with Crippen molar-refractivity contribution < 1.29 is 0 Å². The van der Waals surface area contributed by atoms with Gasteiger partial charge in [-0.2, -0.15) is 0 Å². The van der Waals surface area contributed by atoms with E-state index in [1.807, 2.05) is 0 Å². The molecular formula is C17H26. The molecule has 1 atom stereocenters. The Bertz CT molecular complexity index is 414. The Morgan fingerprint density at radius 1 is 1.12 bits per heavy atom. The van der Waals surface area contributed by atoms with E-state index < -0.39 is 0 Å². The van der Waals surface area contributed by atoms with Gasteiger partial charge in [-0.05, 0) is 48.1 Å². The molecule has 0 aliphatic heterocycles. The first-order chi connectivity index (χ1) is 7.90. The molecule has 1 aliphatic carbocycles. The molecule has 1 aliphatic rings. The summed E-state index contributed by atoms with van der Waals surface area (Å²) in [5.74, 6) is 0. The molecule has 0 N–H and O–H groups in total. The Labute approximate surface area is 106 Å². The molecule has 1 unspecified atom stereocenters. The lowest BCUT2D eigenvalue weighted by Crippen LogP contribution is -2.35. The summed E-state index contributed by atoms with van der Waals surface area (Å²) in [5, 5.41) is 0. The minimum Gasteiger partial charge on any atom is -0.0613 e. The van der Waals surface area contributed by atoms with E-state index in [0.29, 0.717) is 10.8 Å². The fourth-order valence-corrected chi connectivity index (χ4v) is 3.51. The van der Waals surface area contributed by atoms with Gasteiger partial charge >= 0.3 is 0 Å². The topological polar surface area (TPSA) is 0 Å². The third-order valence-corrected chi connectivity index (χ3v) is 5.21. The maximum absolute atomic E-state index is 2.48. The van der Waals surface area contributed by atoms with Crippen LogP contribution in [0.2, 0.25) is 0 Å². The average Bonchev–Trinajstić information content (AvgIpc) is 2.54. The lowest BCUT2D eigenvalue weighted by molar-refractivity contribution is 0.223. The van der Waals surface area contributed by atoms with E-state index in [0.717, 1.165) is 6.42 Å². The zero-order valence-corrected chi connectivity index (χ0v) is 12.1. The van der Waals surface area contributed by atoms with E-state index in [1.54, 1.807) is 11.1 Å². The van der Waals surface area contributed by atoms with Crippen LogP contribution in [0.4, 0.5) is 0 Å². The number of hydrogen-bond acceptors (Lipinski definition) is 0. The largest absolute Gasteiger partial charge is 0.0613 e. The van der Waals surface area contributed by atoms with E-state index in [1.165, 1.54) is 24.8 Å². The predicted octanol–water partition coefficient (Wildman–Crippen LogP) is 5.03. The molecule has 0 saturated heterocycles. The van der Waals surface area contributed by atoms with Crippen LogP contribution >= 0.6 is 0 Å². The maximum atomic E-state index is 2.48. The van der Waals surface area contributed by atoms with Crippen LogP contribution in [0.25, 0.3) is 0 Å². The van der Waals surface area contributed by atoms with Crippen molar-refractivity contribution in [3.63, 3.8) is 0 Å². The van der Waals surface area contributed by atoms with Gasteiger partial charge in [0.25, 0.3) is 0 Å². The molecule has 0 nitrogen and oxygen atoms in total. The van der Waals surface area contributed by atoms with E-state index >= 15 is 0 Å². The van der Waals surface area contributed by atoms with Crippen LogP contribution in [0, 0.1) is 12.3 Å². The van der Waals surface area contributed by atoms with Crippen molar-refractivity contribution in [3.05, 3.63) is 34.9 Å². The highest BCUT2D eigenvalue weighted by molar-refractivity contribution is 5.39. The first-order valence-electron chi connectivity index (χ1n) is 7.01. The highest BCUT2D eigenvalue weighted by Gasteiger charge is 2.46. The molecule has 1 saturated carbocycles. The second kappa shape index (κ2) is 4.15. The third-order valence-electron chi connectivity index (χ3n) is 5.21. The van der Waals surface area contributed by atoms with Crippen LogP contribution in [-0.4, -0.2) is 0 Å². The molecule has 1 aromatic rings. The second-order valence-corrected chi connectivity index (χ2v) is 6.58. The molecule has 94 valence electrons. The van der Waals surface area contributed by atoms with Gasteiger partial charge in [0.2, 0.25) is 0 Å². The van der Waals surface area contributed by atoms with Crippen LogP contribution in [0.5, 0.6) is 0 Å². The predicted molar refractivity (Wildman–Crippen MR) is 75.5 cm³/mol. The van der Waals surface area contributed by atoms with Crippen molar-refractivity contribution >= 4 is 0 Å². The monoisotopic (exact) mass is 230 g/mol. The average molecular weight is 230 g/mol. The Hall–Kier alpha value is -0.780. The van der Waals surface area contributed by atoms with Gasteiger partial charge in [-0.1, -0.05) is 57.9 Å². The van der Waals surface area contributed by atoms with Gasteiger partial charge in [0, 0.05) is 0 Å². The molecule has 1 fully saturated rings. The summed E-state index contributed by atoms with van der Waals surface area (Å²) >= 11 is 0. The van der Waals surface area contributed by atoms with E-state index in [-0.39, 0.29) is 0 Å². The van der Waals surface area contributed by atoms with Gasteiger partial charge in [0.15, 0.2) is 0 Å². The van der Waals surface area contributed by atoms with E-state index in [4.69, 9.17) is 0 Å². The molecule has 0 heteroatoms. The zero-order valence-electron chi connectivity index (χ0n) is 12.1. The van der Waals surface area contributed by atoms with Gasteiger partial charge in [0.1, 0.15) is 0 Å². The molecule has 17 heavy (non-hydrogen) atoms. The molecule has 0 amide bonds. The Kier molecular flexibility index (Phi) is 3.10. The third kappa shape index (κ3) is 1.92. The van der Waals surface area contributed by atoms with Crippen molar-refractivity contribution in [2.24, 2.45) is 5.41 Å². The number of benzene rings is 1. The van der Waals surface area contributed by atoms with Gasteiger partial charge in [-0.3, -0.25) is 0 Å². The van der Waals surface area contributed by atoms with Gasteiger partial charge in [-0.15, -0.1) is 0 Å². The van der Waals surface area contributed by atoms with Gasteiger partial charge < -0.3 is 0 Å². The minimum atomic E-state index is 0.365. The summed E-state index contributed by atoms with van der Waals surface area (Å²) in [5.41, 5.74) is 5.37. The van der Waals surface area contributed by atoms with Gasteiger partial charge in [0.05, 0.1) is 0 Å². The molecule has 0 aromatic heterocycles. The zero-order chi connectivity index (χ0) is 12.7. The van der Waals surface area contributed by atoms with E-state index in [9.17, 15) is 0 Å². The normalized spacial score (nSPS) is 27.4. The van der Waals surface area contributed by atoms with Crippen molar-refractivity contribution in [1.82, 2.24) is 0 Å². The van der Waals surface area contributed by atoms with Crippen molar-refractivity contribution in [2.45, 2.75) is 65.7 Å². The smallest absolute Gasteiger partial charge is 0.00213 e. The van der Waals surface area contributed by atoms with Crippen LogP contribution in [0.3, 0.4) is 0 Å². The van der Waals surface area contributed by atoms with Crippen LogP contribution in [0.1, 0.15) is 63.6 Å². The number of hydrogen-bond donors (Lipinski definition) is 0. The highest BCUT2D eigenvalue weighted by Crippen LogP contribution is 2.54. The molecular weight excluding hydrogens is 204 g/mol. The Balaban J connectivity index is 2.56. The molecule has 0 spiro atoms. The van der Waals surface area contributed by atoms with E-state index in [2.05, 4.69) is 52.8 Å². The lowest BCUT2D eigenvalue weighted by Gasteiger charge is -2.40. The quantitative estimate of drug-likeness (QED) is 0.669. The Morgan fingerprint density at radius 2 is 1.82 bits per heavy atom. The standard InChI is InChI=1S/C17H26/c1-6-14-9-8-13(2)12-15(14)17(5)11-7-10-16(17,3)4/h8-9,12H,6-7,10-11H2,1-5H3. The molecule has 0 radical (unpaired) electrons. The fourth-order valence-electron chi connectivity index (χ4n) is 3.51. The van der Waals surface area contributed by atoms with Crippen LogP contribution in [-0.2, 0) is 11.8 Å². The lowest BCUT2D eigenvalue weighted by atomic mass is 9.64. The maximum Gasteiger partial charge on any atom is -0.00213 e. The Morgan fingerprint density at radius 3 is 2.35 bits per heavy atom. The van der Waals surface area contributed by atoms with Crippen molar-refractivity contribution in [2.75, 3.05) is 0 Å². The minimum absolute atomic E-state index is 0.365. The number of aryl methyl sites for hydroxylation is 2.